The molecule has 1 aliphatic heterocycles. The molecular weight excluding hydrogens is 488 g/mol. The van der Waals surface area contributed by atoms with E-state index in [1.54, 1.807) is 12.1 Å². The van der Waals surface area contributed by atoms with E-state index in [9.17, 15) is 13.2 Å². The molecule has 0 radical (unpaired) electrons. The van der Waals surface area contributed by atoms with Crippen molar-refractivity contribution < 1.29 is 13.2 Å². The smallest absolute Gasteiger partial charge is 0.254 e. The Hall–Kier alpha value is -4.18. The van der Waals surface area contributed by atoms with E-state index in [0.29, 0.717) is 30.3 Å². The normalized spacial score (nSPS) is 16.9. The Kier molecular flexibility index (Phi) is 5.49. The number of anilines is 1. The summed E-state index contributed by atoms with van der Waals surface area (Å²) in [5.74, 6) is 0.696. The van der Waals surface area contributed by atoms with Crippen LogP contribution in [0.15, 0.2) is 66.7 Å². The fraction of sp³-hybridized carbons (Fsp3) is 0.222. The van der Waals surface area contributed by atoms with E-state index in [-0.39, 0.29) is 17.4 Å². The first-order chi connectivity index (χ1) is 17.8. The van der Waals surface area contributed by atoms with Crippen molar-refractivity contribution in [2.45, 2.75) is 25.8 Å². The Morgan fingerprint density at radius 2 is 1.89 bits per heavy atom. The SMILES string of the molecule is Cc1cc2c(C(N)=O)cccc2n1-c1nc(NCc2ccccc2)c2ccc(C3CCS(=O)(=O)C3)n2n1. The predicted octanol–water partition coefficient (Wildman–Crippen LogP) is 3.59. The number of nitrogens with zero attached hydrogens (tertiary/aromatic N) is 4. The summed E-state index contributed by atoms with van der Waals surface area (Å²) in [6.45, 7) is 2.48. The van der Waals surface area contributed by atoms with Gasteiger partial charge < -0.3 is 11.1 Å². The zero-order valence-corrected chi connectivity index (χ0v) is 21.1. The van der Waals surface area contributed by atoms with Crippen LogP contribution in [0.4, 0.5) is 5.82 Å². The summed E-state index contributed by atoms with van der Waals surface area (Å²) in [6.07, 6.45) is 0.564. The number of aryl methyl sites for hydroxylation is 1. The molecule has 4 heterocycles. The molecule has 0 bridgehead atoms. The lowest BCUT2D eigenvalue weighted by atomic mass is 10.1. The molecule has 3 N–H and O–H groups in total. The highest BCUT2D eigenvalue weighted by Gasteiger charge is 2.31. The molecule has 0 aliphatic carbocycles. The molecular formula is C27H26N6O3S. The Morgan fingerprint density at radius 3 is 2.62 bits per heavy atom. The van der Waals surface area contributed by atoms with Crippen LogP contribution < -0.4 is 11.1 Å². The zero-order chi connectivity index (χ0) is 25.7. The van der Waals surface area contributed by atoms with Crippen LogP contribution in [0.3, 0.4) is 0 Å². The van der Waals surface area contributed by atoms with Crippen LogP contribution in [0.5, 0.6) is 0 Å². The second-order valence-electron chi connectivity index (χ2n) is 9.48. The molecule has 188 valence electrons. The first-order valence-electron chi connectivity index (χ1n) is 12.1. The first kappa shape index (κ1) is 23.2. The number of rotatable bonds is 6. The minimum atomic E-state index is -3.07. The average Bonchev–Trinajstić information content (AvgIpc) is 3.56. The van der Waals surface area contributed by atoms with Crippen LogP contribution in [-0.4, -0.2) is 45.0 Å². The number of sulfone groups is 1. The molecule has 1 aliphatic rings. The minimum Gasteiger partial charge on any atom is -0.366 e. The summed E-state index contributed by atoms with van der Waals surface area (Å²) in [5, 5.41) is 9.06. The standard InChI is InChI=1S/C27H26N6O3S/c1-17-14-21-20(25(28)34)8-5-9-23(21)32(17)27-30-26(29-15-18-6-3-2-4-7-18)24-11-10-22(33(24)31-27)19-12-13-37(35,36)16-19/h2-11,14,19H,12-13,15-16H2,1H3,(H2,28,34)(H,29,30,31). The molecule has 3 aromatic heterocycles. The topological polar surface area (TPSA) is 124 Å². The lowest BCUT2D eigenvalue weighted by Gasteiger charge is -2.15. The van der Waals surface area contributed by atoms with Gasteiger partial charge in [0.05, 0.1) is 17.0 Å². The molecule has 6 rings (SSSR count). The van der Waals surface area contributed by atoms with E-state index in [0.717, 1.165) is 33.4 Å². The van der Waals surface area contributed by atoms with Gasteiger partial charge in [-0.2, -0.15) is 4.98 Å². The van der Waals surface area contributed by atoms with Crippen LogP contribution in [0, 0.1) is 6.92 Å². The molecule has 1 unspecified atom stereocenters. The summed E-state index contributed by atoms with van der Waals surface area (Å²) in [5.41, 5.74) is 10.4. The van der Waals surface area contributed by atoms with E-state index in [2.05, 4.69) is 5.32 Å². The summed E-state index contributed by atoms with van der Waals surface area (Å²) < 4.78 is 28.2. The van der Waals surface area contributed by atoms with Crippen molar-refractivity contribution >= 4 is 38.0 Å². The van der Waals surface area contributed by atoms with Gasteiger partial charge in [0.1, 0.15) is 5.52 Å². The lowest BCUT2D eigenvalue weighted by Crippen LogP contribution is -2.14. The van der Waals surface area contributed by atoms with Crippen LogP contribution in [0.2, 0.25) is 0 Å². The van der Waals surface area contributed by atoms with Gasteiger partial charge in [-0.15, -0.1) is 5.10 Å². The fourth-order valence-corrected chi connectivity index (χ4v) is 6.95. The van der Waals surface area contributed by atoms with Crippen molar-refractivity contribution in [3.63, 3.8) is 0 Å². The van der Waals surface area contributed by atoms with E-state index in [4.69, 9.17) is 15.8 Å². The first-order valence-corrected chi connectivity index (χ1v) is 13.9. The molecule has 0 spiro atoms. The molecule has 37 heavy (non-hydrogen) atoms. The third kappa shape index (κ3) is 4.13. The highest BCUT2D eigenvalue weighted by atomic mass is 32.2. The largest absolute Gasteiger partial charge is 0.366 e. The van der Waals surface area contributed by atoms with Gasteiger partial charge in [-0.25, -0.2) is 12.9 Å². The number of primary amides is 1. The quantitative estimate of drug-likeness (QED) is 0.357. The van der Waals surface area contributed by atoms with Gasteiger partial charge >= 0.3 is 0 Å². The number of carbonyl (C=O) groups excluding carboxylic acids is 1. The maximum absolute atomic E-state index is 12.2. The summed E-state index contributed by atoms with van der Waals surface area (Å²) in [7, 11) is -3.07. The van der Waals surface area contributed by atoms with E-state index < -0.39 is 15.7 Å². The minimum absolute atomic E-state index is 0.110. The number of nitrogens with one attached hydrogen (secondary N) is 1. The predicted molar refractivity (Wildman–Crippen MR) is 143 cm³/mol. The van der Waals surface area contributed by atoms with Crippen LogP contribution >= 0.6 is 0 Å². The van der Waals surface area contributed by atoms with E-state index in [1.807, 2.05) is 70.6 Å². The molecule has 2 aromatic carbocycles. The summed E-state index contributed by atoms with van der Waals surface area (Å²) >= 11 is 0. The van der Waals surface area contributed by atoms with Crippen molar-refractivity contribution in [1.82, 2.24) is 19.2 Å². The lowest BCUT2D eigenvalue weighted by molar-refractivity contribution is 0.100. The van der Waals surface area contributed by atoms with Gasteiger partial charge in [-0.1, -0.05) is 36.4 Å². The Balaban J connectivity index is 1.53. The number of hydrogen-bond acceptors (Lipinski definition) is 6. The zero-order valence-electron chi connectivity index (χ0n) is 20.3. The molecule has 1 saturated heterocycles. The van der Waals surface area contributed by atoms with Gasteiger partial charge in [-0.3, -0.25) is 9.36 Å². The number of amides is 1. The van der Waals surface area contributed by atoms with Crippen molar-refractivity contribution in [3.05, 3.63) is 89.2 Å². The van der Waals surface area contributed by atoms with E-state index in [1.165, 1.54) is 0 Å². The Bertz CT molecular complexity index is 1770. The molecule has 1 fully saturated rings. The van der Waals surface area contributed by atoms with Crippen LogP contribution in [0.25, 0.3) is 22.4 Å². The third-order valence-electron chi connectivity index (χ3n) is 6.98. The third-order valence-corrected chi connectivity index (χ3v) is 8.75. The number of aromatic nitrogens is 4. The second kappa shape index (κ2) is 8.74. The van der Waals surface area contributed by atoms with Crippen molar-refractivity contribution in [3.8, 4) is 5.95 Å². The van der Waals surface area contributed by atoms with Gasteiger partial charge in [-0.05, 0) is 49.2 Å². The van der Waals surface area contributed by atoms with Gasteiger partial charge in [0, 0.05) is 34.8 Å². The number of carbonyl (C=O) groups is 1. The van der Waals surface area contributed by atoms with Crippen molar-refractivity contribution in [2.75, 3.05) is 16.8 Å². The molecule has 5 aromatic rings. The molecule has 1 amide bonds. The molecule has 10 heteroatoms. The number of benzene rings is 2. The van der Waals surface area contributed by atoms with Gasteiger partial charge in [0.15, 0.2) is 15.7 Å². The highest BCUT2D eigenvalue weighted by molar-refractivity contribution is 7.91. The van der Waals surface area contributed by atoms with Crippen molar-refractivity contribution in [1.29, 1.82) is 0 Å². The van der Waals surface area contributed by atoms with Crippen LogP contribution in [0.1, 0.15) is 39.6 Å². The number of nitrogens with two attached hydrogens (primary N) is 1. The van der Waals surface area contributed by atoms with Crippen LogP contribution in [-0.2, 0) is 16.4 Å². The number of fused-ring (bicyclic) bond motifs is 2. The Morgan fingerprint density at radius 1 is 1.08 bits per heavy atom. The highest BCUT2D eigenvalue weighted by Crippen LogP contribution is 2.32. The maximum atomic E-state index is 12.2. The fourth-order valence-electron chi connectivity index (χ4n) is 5.19. The number of hydrogen-bond donors (Lipinski definition) is 2. The van der Waals surface area contributed by atoms with E-state index >= 15 is 0 Å². The Labute approximate surface area is 213 Å². The molecule has 1 atom stereocenters. The second-order valence-corrected chi connectivity index (χ2v) is 11.7. The average molecular weight is 515 g/mol. The maximum Gasteiger partial charge on any atom is 0.254 e. The molecule has 0 saturated carbocycles. The van der Waals surface area contributed by atoms with Crippen molar-refractivity contribution in [2.24, 2.45) is 5.73 Å². The van der Waals surface area contributed by atoms with Gasteiger partial charge in [0.25, 0.3) is 5.95 Å². The monoisotopic (exact) mass is 514 g/mol. The molecule has 9 nitrogen and oxygen atoms in total. The summed E-state index contributed by atoms with van der Waals surface area (Å²) in [4.78, 5) is 16.9. The van der Waals surface area contributed by atoms with Gasteiger partial charge in [0.2, 0.25) is 5.91 Å². The summed E-state index contributed by atoms with van der Waals surface area (Å²) in [6, 6.07) is 21.2.